The quantitative estimate of drug-likeness (QED) is 0.782. The van der Waals surface area contributed by atoms with Crippen molar-refractivity contribution in [2.24, 2.45) is 0 Å². The maximum atomic E-state index is 10.9. The molecule has 0 amide bonds. The number of hydrogen-bond acceptors (Lipinski definition) is 2. The highest BCUT2D eigenvalue weighted by atomic mass is 35.5. The molecule has 0 fully saturated rings. The van der Waals surface area contributed by atoms with Crippen LogP contribution in [0.1, 0.15) is 10.4 Å². The van der Waals surface area contributed by atoms with Crippen LogP contribution in [-0.2, 0) is 0 Å². The fourth-order valence-corrected chi connectivity index (χ4v) is 1.61. The molecule has 1 heterocycles. The number of aromatic carboxylic acids is 1. The Kier molecular flexibility index (Phi) is 2.09. The Morgan fingerprint density at radius 3 is 2.86 bits per heavy atom. The van der Waals surface area contributed by atoms with Crippen molar-refractivity contribution < 1.29 is 9.90 Å². The predicted molar refractivity (Wildman–Crippen MR) is 53.7 cm³/mol. The average Bonchev–Trinajstić information content (AvgIpc) is 2.17. The third kappa shape index (κ3) is 1.32. The van der Waals surface area contributed by atoms with Gasteiger partial charge in [-0.25, -0.2) is 4.79 Å². The number of rotatable bonds is 1. The van der Waals surface area contributed by atoms with E-state index in [9.17, 15) is 4.79 Å². The SMILES string of the molecule is O=C(O)c1c(Cl)ccc2cnccc12. The summed E-state index contributed by atoms with van der Waals surface area (Å²) < 4.78 is 0. The third-order valence-electron chi connectivity index (χ3n) is 1.98. The number of carboxylic acid groups (broad SMARTS) is 1. The number of pyridine rings is 1. The Hall–Kier alpha value is -1.61. The van der Waals surface area contributed by atoms with E-state index in [2.05, 4.69) is 4.98 Å². The van der Waals surface area contributed by atoms with E-state index >= 15 is 0 Å². The van der Waals surface area contributed by atoms with Crippen LogP contribution >= 0.6 is 11.6 Å². The topological polar surface area (TPSA) is 50.2 Å². The summed E-state index contributed by atoms with van der Waals surface area (Å²) in [4.78, 5) is 14.8. The zero-order valence-corrected chi connectivity index (χ0v) is 7.82. The Labute approximate surface area is 85.0 Å². The van der Waals surface area contributed by atoms with E-state index in [4.69, 9.17) is 16.7 Å². The minimum atomic E-state index is -1.02. The van der Waals surface area contributed by atoms with Crippen molar-refractivity contribution >= 4 is 28.3 Å². The van der Waals surface area contributed by atoms with Gasteiger partial charge >= 0.3 is 5.97 Å². The molecule has 0 aliphatic carbocycles. The molecule has 0 saturated carbocycles. The number of carbonyl (C=O) groups is 1. The van der Waals surface area contributed by atoms with Crippen LogP contribution in [0, 0.1) is 0 Å². The third-order valence-corrected chi connectivity index (χ3v) is 2.30. The number of carboxylic acids is 1. The van der Waals surface area contributed by atoms with Crippen LogP contribution in [0.4, 0.5) is 0 Å². The van der Waals surface area contributed by atoms with E-state index in [-0.39, 0.29) is 10.6 Å². The second-order valence-electron chi connectivity index (χ2n) is 2.82. The maximum absolute atomic E-state index is 10.9. The van der Waals surface area contributed by atoms with Gasteiger partial charge in [-0.3, -0.25) is 4.98 Å². The smallest absolute Gasteiger partial charge is 0.337 e. The minimum absolute atomic E-state index is 0.131. The summed E-state index contributed by atoms with van der Waals surface area (Å²) >= 11 is 5.80. The van der Waals surface area contributed by atoms with E-state index in [1.807, 2.05) is 0 Å². The van der Waals surface area contributed by atoms with Gasteiger partial charge in [-0.1, -0.05) is 17.7 Å². The first-order valence-corrected chi connectivity index (χ1v) is 4.33. The number of aromatic nitrogens is 1. The summed E-state index contributed by atoms with van der Waals surface area (Å²) in [5.41, 5.74) is 0.131. The van der Waals surface area contributed by atoms with Crippen LogP contribution in [0.3, 0.4) is 0 Å². The second kappa shape index (κ2) is 3.27. The van der Waals surface area contributed by atoms with Crippen molar-refractivity contribution in [1.29, 1.82) is 0 Å². The van der Waals surface area contributed by atoms with Crippen molar-refractivity contribution in [3.8, 4) is 0 Å². The Morgan fingerprint density at radius 2 is 2.14 bits per heavy atom. The predicted octanol–water partition coefficient (Wildman–Crippen LogP) is 2.59. The summed E-state index contributed by atoms with van der Waals surface area (Å²) in [6.07, 6.45) is 3.16. The molecule has 1 N–H and O–H groups in total. The van der Waals surface area contributed by atoms with Crippen LogP contribution in [0.2, 0.25) is 5.02 Å². The summed E-state index contributed by atoms with van der Waals surface area (Å²) in [7, 11) is 0. The molecular weight excluding hydrogens is 202 g/mol. The molecule has 0 spiro atoms. The van der Waals surface area contributed by atoms with Gasteiger partial charge in [-0.15, -0.1) is 0 Å². The molecule has 70 valence electrons. The van der Waals surface area contributed by atoms with E-state index in [0.717, 1.165) is 5.39 Å². The molecule has 4 heteroatoms. The number of halogens is 1. The molecule has 0 aliphatic heterocycles. The molecule has 3 nitrogen and oxygen atoms in total. The lowest BCUT2D eigenvalue weighted by molar-refractivity contribution is 0.0699. The zero-order valence-electron chi connectivity index (χ0n) is 7.07. The minimum Gasteiger partial charge on any atom is -0.478 e. The first-order chi connectivity index (χ1) is 6.70. The summed E-state index contributed by atoms with van der Waals surface area (Å²) in [6.45, 7) is 0. The Morgan fingerprint density at radius 1 is 1.36 bits per heavy atom. The zero-order chi connectivity index (χ0) is 10.1. The van der Waals surface area contributed by atoms with E-state index in [0.29, 0.717) is 5.39 Å². The van der Waals surface area contributed by atoms with Crippen LogP contribution in [0.15, 0.2) is 30.6 Å². The van der Waals surface area contributed by atoms with Gasteiger partial charge in [-0.05, 0) is 12.1 Å². The van der Waals surface area contributed by atoms with Crippen molar-refractivity contribution in [1.82, 2.24) is 4.98 Å². The molecule has 0 unspecified atom stereocenters. The van der Waals surface area contributed by atoms with Gasteiger partial charge < -0.3 is 5.11 Å². The lowest BCUT2D eigenvalue weighted by Crippen LogP contribution is -1.98. The van der Waals surface area contributed by atoms with Crippen LogP contribution < -0.4 is 0 Å². The first kappa shape index (κ1) is 8.97. The lowest BCUT2D eigenvalue weighted by atomic mass is 10.1. The monoisotopic (exact) mass is 207 g/mol. The largest absolute Gasteiger partial charge is 0.478 e. The second-order valence-corrected chi connectivity index (χ2v) is 3.23. The molecule has 0 atom stereocenters. The highest BCUT2D eigenvalue weighted by Crippen LogP contribution is 2.25. The average molecular weight is 208 g/mol. The molecule has 14 heavy (non-hydrogen) atoms. The van der Waals surface area contributed by atoms with Gasteiger partial charge in [-0.2, -0.15) is 0 Å². The van der Waals surface area contributed by atoms with Gasteiger partial charge in [0.2, 0.25) is 0 Å². The van der Waals surface area contributed by atoms with E-state index in [1.165, 1.54) is 0 Å². The Balaban J connectivity index is 2.90. The molecule has 1 aromatic carbocycles. The standard InChI is InChI=1S/C10H6ClNO2/c11-8-2-1-6-5-12-4-3-7(6)9(8)10(13)14/h1-5H,(H,13,14). The number of nitrogens with zero attached hydrogens (tertiary/aromatic N) is 1. The fourth-order valence-electron chi connectivity index (χ4n) is 1.36. The van der Waals surface area contributed by atoms with Crippen LogP contribution in [0.5, 0.6) is 0 Å². The summed E-state index contributed by atoms with van der Waals surface area (Å²) in [5.74, 6) is -1.02. The molecule has 0 aliphatic rings. The maximum Gasteiger partial charge on any atom is 0.337 e. The Bertz CT molecular complexity index is 510. The van der Waals surface area contributed by atoms with E-state index in [1.54, 1.807) is 30.6 Å². The molecule has 0 radical (unpaired) electrons. The van der Waals surface area contributed by atoms with Gasteiger partial charge in [0.25, 0.3) is 0 Å². The molecule has 0 bridgehead atoms. The summed E-state index contributed by atoms with van der Waals surface area (Å²) in [5, 5.41) is 10.6. The number of fused-ring (bicyclic) bond motifs is 1. The molecule has 2 rings (SSSR count). The summed E-state index contributed by atoms with van der Waals surface area (Å²) in [6, 6.07) is 4.96. The van der Waals surface area contributed by atoms with Gasteiger partial charge in [0.05, 0.1) is 10.6 Å². The molecule has 0 saturated heterocycles. The van der Waals surface area contributed by atoms with Gasteiger partial charge in [0.15, 0.2) is 0 Å². The normalized spacial score (nSPS) is 10.4. The van der Waals surface area contributed by atoms with Crippen molar-refractivity contribution in [3.63, 3.8) is 0 Å². The fraction of sp³-hybridized carbons (Fsp3) is 0. The van der Waals surface area contributed by atoms with E-state index < -0.39 is 5.97 Å². The lowest BCUT2D eigenvalue weighted by Gasteiger charge is -2.03. The van der Waals surface area contributed by atoms with Crippen LogP contribution in [-0.4, -0.2) is 16.1 Å². The van der Waals surface area contributed by atoms with Crippen molar-refractivity contribution in [2.45, 2.75) is 0 Å². The van der Waals surface area contributed by atoms with Gasteiger partial charge in [0, 0.05) is 23.2 Å². The van der Waals surface area contributed by atoms with Crippen molar-refractivity contribution in [3.05, 3.63) is 41.2 Å². The highest BCUT2D eigenvalue weighted by molar-refractivity contribution is 6.35. The highest BCUT2D eigenvalue weighted by Gasteiger charge is 2.12. The molecule has 1 aromatic heterocycles. The van der Waals surface area contributed by atoms with Crippen molar-refractivity contribution in [2.75, 3.05) is 0 Å². The molecular formula is C10H6ClNO2. The number of hydrogen-bond donors (Lipinski definition) is 1. The first-order valence-electron chi connectivity index (χ1n) is 3.95. The number of benzene rings is 1. The molecule has 2 aromatic rings. The van der Waals surface area contributed by atoms with Gasteiger partial charge in [0.1, 0.15) is 0 Å². The van der Waals surface area contributed by atoms with Crippen LogP contribution in [0.25, 0.3) is 10.8 Å².